The lowest BCUT2D eigenvalue weighted by atomic mass is 9.98. The molecule has 1 N–H and O–H groups in total. The third kappa shape index (κ3) is 4.71. The molecule has 19 heavy (non-hydrogen) atoms. The number of aldehydes is 1. The number of rotatable bonds is 6. The lowest BCUT2D eigenvalue weighted by Crippen LogP contribution is -2.40. The van der Waals surface area contributed by atoms with Gasteiger partial charge in [-0.25, -0.2) is 0 Å². The van der Waals surface area contributed by atoms with Crippen LogP contribution in [-0.2, 0) is 20.3 Å². The van der Waals surface area contributed by atoms with E-state index in [1.54, 1.807) is 0 Å². The Labute approximate surface area is 117 Å². The summed E-state index contributed by atoms with van der Waals surface area (Å²) in [6.07, 6.45) is 3.40. The molecule has 0 spiro atoms. The molecule has 4 unspecified atom stereocenters. The van der Waals surface area contributed by atoms with Crippen molar-refractivity contribution in [3.8, 4) is 0 Å². The van der Waals surface area contributed by atoms with Crippen molar-refractivity contribution < 1.29 is 17.7 Å². The van der Waals surface area contributed by atoms with Gasteiger partial charge in [-0.2, -0.15) is 4.21 Å². The zero-order valence-corrected chi connectivity index (χ0v) is 12.4. The van der Waals surface area contributed by atoms with Gasteiger partial charge >= 0.3 is 11.4 Å². The maximum atomic E-state index is 10.8. The van der Waals surface area contributed by atoms with Crippen LogP contribution in [0.3, 0.4) is 0 Å². The normalized spacial score (nSPS) is 27.4. The van der Waals surface area contributed by atoms with Gasteiger partial charge in [0.05, 0.1) is 0 Å². The molecule has 0 aromatic rings. The summed E-state index contributed by atoms with van der Waals surface area (Å²) in [5.41, 5.74) is 0.621. The summed E-state index contributed by atoms with van der Waals surface area (Å²) < 4.78 is 24.5. The number of carbonyl (C=O) groups is 1. The van der Waals surface area contributed by atoms with Crippen molar-refractivity contribution in [3.63, 3.8) is 0 Å². The van der Waals surface area contributed by atoms with Crippen LogP contribution >= 0.6 is 0 Å². The summed E-state index contributed by atoms with van der Waals surface area (Å²) >= 11 is -2.39. The van der Waals surface area contributed by atoms with Crippen LogP contribution in [0.2, 0.25) is 0 Å². The maximum absolute atomic E-state index is 10.8. The van der Waals surface area contributed by atoms with E-state index in [1.165, 1.54) is 6.42 Å². The molecule has 6 heteroatoms. The fourth-order valence-corrected chi connectivity index (χ4v) is 2.90. The smallest absolute Gasteiger partial charge is 0.302 e. The zero-order chi connectivity index (χ0) is 14.4. The molecule has 1 heterocycles. The molecule has 1 fully saturated rings. The summed E-state index contributed by atoms with van der Waals surface area (Å²) in [4.78, 5) is 12.8. The topological polar surface area (TPSA) is 66.8 Å². The monoisotopic (exact) mass is 289 g/mol. The van der Waals surface area contributed by atoms with Crippen LogP contribution in [-0.4, -0.2) is 38.6 Å². The predicted octanol–water partition coefficient (Wildman–Crippen LogP) is 2.12. The van der Waals surface area contributed by atoms with E-state index in [-0.39, 0.29) is 6.42 Å². The number of carbonyl (C=O) groups excluding carboxylic acids is 1. The van der Waals surface area contributed by atoms with E-state index in [0.717, 1.165) is 19.4 Å². The molecule has 1 aliphatic rings. The van der Waals surface area contributed by atoms with Crippen molar-refractivity contribution >= 4 is 17.6 Å². The highest BCUT2D eigenvalue weighted by Gasteiger charge is 2.28. The van der Waals surface area contributed by atoms with Gasteiger partial charge in [0.1, 0.15) is 12.4 Å². The highest BCUT2D eigenvalue weighted by Crippen LogP contribution is 2.27. The van der Waals surface area contributed by atoms with E-state index in [1.807, 2.05) is 0 Å². The minimum absolute atomic E-state index is 0.0444. The van der Waals surface area contributed by atoms with Crippen LogP contribution in [0.25, 0.3) is 0 Å². The van der Waals surface area contributed by atoms with Crippen molar-refractivity contribution in [1.82, 2.24) is 4.90 Å². The predicted molar refractivity (Wildman–Crippen MR) is 74.6 cm³/mol. The summed E-state index contributed by atoms with van der Waals surface area (Å²) in [5.74, 6) is 0.524. The molecule has 0 amide bonds. The molecule has 4 atom stereocenters. The Hall–Kier alpha value is -0.720. The van der Waals surface area contributed by atoms with Crippen molar-refractivity contribution in [2.45, 2.75) is 51.7 Å². The van der Waals surface area contributed by atoms with Crippen molar-refractivity contribution in [1.29, 1.82) is 0 Å². The Morgan fingerprint density at radius 2 is 2.26 bits per heavy atom. The first kappa shape index (κ1) is 16.3. The second-order valence-corrected chi connectivity index (χ2v) is 5.73. The standard InChI is InChI=1S/C13H23NO4S/c1-10-6-4-5-8-14(11(10)2)12(3)13(7-9-15)18-19(16)17/h9-11,13H,3-8H2,1-2H3,(H,16,17). The minimum atomic E-state index is -2.39. The van der Waals surface area contributed by atoms with E-state index in [9.17, 15) is 9.00 Å². The fraction of sp³-hybridized carbons (Fsp3) is 0.769. The molecule has 0 radical (unpaired) electrons. The minimum Gasteiger partial charge on any atom is -0.370 e. The molecule has 110 valence electrons. The summed E-state index contributed by atoms with van der Waals surface area (Å²) in [6.45, 7) is 9.13. The Kier molecular flexibility index (Phi) is 6.68. The SMILES string of the molecule is C=C(C(CC=O)OS(=O)O)N1CCCCC(C)C1C. The second kappa shape index (κ2) is 7.77. The summed E-state index contributed by atoms with van der Waals surface area (Å²) in [7, 11) is 0. The van der Waals surface area contributed by atoms with Crippen molar-refractivity contribution in [2.75, 3.05) is 6.54 Å². The maximum Gasteiger partial charge on any atom is 0.302 e. The van der Waals surface area contributed by atoms with E-state index in [4.69, 9.17) is 8.74 Å². The van der Waals surface area contributed by atoms with E-state index >= 15 is 0 Å². The van der Waals surface area contributed by atoms with E-state index < -0.39 is 17.5 Å². The first-order chi connectivity index (χ1) is 8.97. The van der Waals surface area contributed by atoms with Gasteiger partial charge in [-0.15, -0.1) is 0 Å². The first-order valence-electron chi connectivity index (χ1n) is 6.64. The molecule has 1 rings (SSSR count). The van der Waals surface area contributed by atoms with Crippen LogP contribution in [0.5, 0.6) is 0 Å². The zero-order valence-electron chi connectivity index (χ0n) is 11.6. The molecular weight excluding hydrogens is 266 g/mol. The molecule has 0 bridgehead atoms. The van der Waals surface area contributed by atoms with E-state index in [2.05, 4.69) is 25.3 Å². The van der Waals surface area contributed by atoms with Crippen molar-refractivity contribution in [3.05, 3.63) is 12.3 Å². The fourth-order valence-electron chi connectivity index (χ4n) is 2.51. The highest BCUT2D eigenvalue weighted by atomic mass is 32.2. The molecule has 0 aromatic heterocycles. The van der Waals surface area contributed by atoms with Crippen molar-refractivity contribution in [2.24, 2.45) is 5.92 Å². The first-order valence-corrected chi connectivity index (χ1v) is 7.67. The Balaban J connectivity index is 2.80. The van der Waals surface area contributed by atoms with Crippen LogP contribution in [0, 0.1) is 5.92 Å². The highest BCUT2D eigenvalue weighted by molar-refractivity contribution is 7.74. The van der Waals surface area contributed by atoms with Crippen LogP contribution < -0.4 is 0 Å². The summed E-state index contributed by atoms with van der Waals surface area (Å²) in [5, 5.41) is 0. The van der Waals surface area contributed by atoms with Gasteiger partial charge in [0.15, 0.2) is 0 Å². The second-order valence-electron chi connectivity index (χ2n) is 5.10. The van der Waals surface area contributed by atoms with Gasteiger partial charge in [0, 0.05) is 24.7 Å². The van der Waals surface area contributed by atoms with Gasteiger partial charge in [-0.1, -0.05) is 19.9 Å². The molecule has 0 aromatic carbocycles. The Morgan fingerprint density at radius 1 is 1.58 bits per heavy atom. The Morgan fingerprint density at radius 3 is 2.84 bits per heavy atom. The largest absolute Gasteiger partial charge is 0.370 e. The molecular formula is C13H23NO4S. The summed E-state index contributed by atoms with van der Waals surface area (Å²) in [6, 6.07) is 0.292. The number of nitrogens with zero attached hydrogens (tertiary/aromatic N) is 1. The third-order valence-electron chi connectivity index (χ3n) is 3.87. The van der Waals surface area contributed by atoms with Gasteiger partial charge in [0.25, 0.3) is 0 Å². The lowest BCUT2D eigenvalue weighted by molar-refractivity contribution is -0.109. The van der Waals surface area contributed by atoms with Gasteiger partial charge < -0.3 is 9.69 Å². The molecule has 1 saturated heterocycles. The van der Waals surface area contributed by atoms with Crippen LogP contribution in [0.15, 0.2) is 12.3 Å². The Bertz CT molecular complexity index is 348. The van der Waals surface area contributed by atoms with Gasteiger partial charge in [-0.3, -0.25) is 8.74 Å². The van der Waals surface area contributed by atoms with Crippen LogP contribution in [0.1, 0.15) is 39.5 Å². The lowest BCUT2D eigenvalue weighted by Gasteiger charge is -2.36. The molecule has 5 nitrogen and oxygen atoms in total. The molecule has 1 aliphatic heterocycles. The molecule has 0 aliphatic carbocycles. The number of likely N-dealkylation sites (tertiary alicyclic amines) is 1. The number of hydrogen-bond donors (Lipinski definition) is 1. The van der Waals surface area contributed by atoms with E-state index in [0.29, 0.717) is 23.9 Å². The van der Waals surface area contributed by atoms with Crippen LogP contribution in [0.4, 0.5) is 0 Å². The average molecular weight is 289 g/mol. The van der Waals surface area contributed by atoms with Gasteiger partial charge in [0.2, 0.25) is 0 Å². The average Bonchev–Trinajstić information content (AvgIpc) is 2.51. The van der Waals surface area contributed by atoms with Gasteiger partial charge in [-0.05, 0) is 25.7 Å². The third-order valence-corrected chi connectivity index (χ3v) is 4.27. The molecule has 0 saturated carbocycles. The quantitative estimate of drug-likeness (QED) is 0.599. The number of hydrogen-bond acceptors (Lipinski definition) is 4.